The standard InChI is InChI=1S/C22H33N5O3.CH2O2/c1-3-16-6-4-5-7-19(16)21(29)25-18-9-8-17(14-26(2)15-18)20(28)23-10-12-27-13-11-24-22(27)30;2-1-3/h4-7,17-18H,3,8-15H2,1-2H3,(H,23,28)(H,24,30)(H,25,29);1H,(H,2,3)/t17-,18+;/m1./s1. The minimum absolute atomic E-state index is 0.0125. The second-order valence-electron chi connectivity index (χ2n) is 8.29. The number of likely N-dealkylation sites (tertiary alicyclic amines) is 1. The van der Waals surface area contributed by atoms with E-state index in [1.165, 1.54) is 0 Å². The summed E-state index contributed by atoms with van der Waals surface area (Å²) in [6.07, 6.45) is 2.30. The third-order valence-corrected chi connectivity index (χ3v) is 5.90. The lowest BCUT2D eigenvalue weighted by Crippen LogP contribution is -2.42. The molecule has 0 spiro atoms. The van der Waals surface area contributed by atoms with Gasteiger partial charge < -0.3 is 30.9 Å². The van der Waals surface area contributed by atoms with E-state index in [2.05, 4.69) is 20.9 Å². The predicted molar refractivity (Wildman–Crippen MR) is 124 cm³/mol. The molecule has 0 unspecified atom stereocenters. The zero-order valence-electron chi connectivity index (χ0n) is 19.4. The molecule has 2 heterocycles. The molecule has 3 rings (SSSR count). The van der Waals surface area contributed by atoms with Gasteiger partial charge in [0.25, 0.3) is 12.4 Å². The van der Waals surface area contributed by atoms with Crippen LogP contribution in [0.25, 0.3) is 0 Å². The molecule has 1 aromatic rings. The van der Waals surface area contributed by atoms with Crippen molar-refractivity contribution < 1.29 is 24.3 Å². The van der Waals surface area contributed by atoms with E-state index in [4.69, 9.17) is 9.90 Å². The van der Waals surface area contributed by atoms with Gasteiger partial charge in [0.15, 0.2) is 0 Å². The monoisotopic (exact) mass is 461 g/mol. The van der Waals surface area contributed by atoms with Gasteiger partial charge in [-0.25, -0.2) is 4.79 Å². The number of likely N-dealkylation sites (N-methyl/N-ethyl adjacent to an activating group) is 1. The summed E-state index contributed by atoms with van der Waals surface area (Å²) >= 11 is 0. The summed E-state index contributed by atoms with van der Waals surface area (Å²) in [5.74, 6) is -0.144. The fraction of sp³-hybridized carbons (Fsp3) is 0.565. The molecule has 2 fully saturated rings. The average Bonchev–Trinajstić information content (AvgIpc) is 3.11. The van der Waals surface area contributed by atoms with E-state index in [1.807, 2.05) is 38.2 Å². The summed E-state index contributed by atoms with van der Waals surface area (Å²) in [7, 11) is 1.99. The lowest BCUT2D eigenvalue weighted by atomic mass is 10.00. The van der Waals surface area contributed by atoms with Crippen LogP contribution in [0.2, 0.25) is 0 Å². The van der Waals surface area contributed by atoms with E-state index in [1.54, 1.807) is 4.90 Å². The van der Waals surface area contributed by atoms with Crippen LogP contribution < -0.4 is 16.0 Å². The molecular formula is C23H35N5O5. The number of hydrogen-bond donors (Lipinski definition) is 4. The number of amides is 4. The molecule has 2 aliphatic heterocycles. The molecule has 10 heteroatoms. The minimum atomic E-state index is -0.250. The van der Waals surface area contributed by atoms with Gasteiger partial charge in [-0.3, -0.25) is 14.4 Å². The minimum Gasteiger partial charge on any atom is -0.483 e. The summed E-state index contributed by atoms with van der Waals surface area (Å²) in [5.41, 5.74) is 1.77. The van der Waals surface area contributed by atoms with Gasteiger partial charge in [0.1, 0.15) is 0 Å². The molecule has 2 aliphatic rings. The quantitative estimate of drug-likeness (QED) is 0.438. The molecule has 4 N–H and O–H groups in total. The van der Waals surface area contributed by atoms with E-state index >= 15 is 0 Å². The van der Waals surface area contributed by atoms with Gasteiger partial charge in [-0.05, 0) is 37.9 Å². The first-order valence-corrected chi connectivity index (χ1v) is 11.3. The number of nitrogens with zero attached hydrogens (tertiary/aromatic N) is 2. The maximum Gasteiger partial charge on any atom is 0.317 e. The third kappa shape index (κ3) is 8.05. The Morgan fingerprint density at radius 2 is 1.97 bits per heavy atom. The van der Waals surface area contributed by atoms with Crippen LogP contribution in [0, 0.1) is 5.92 Å². The van der Waals surface area contributed by atoms with Crippen LogP contribution in [0.1, 0.15) is 35.7 Å². The van der Waals surface area contributed by atoms with Gasteiger partial charge in [-0.2, -0.15) is 0 Å². The van der Waals surface area contributed by atoms with Crippen molar-refractivity contribution in [2.45, 2.75) is 32.2 Å². The molecule has 0 radical (unpaired) electrons. The molecule has 182 valence electrons. The van der Waals surface area contributed by atoms with E-state index < -0.39 is 0 Å². The Balaban J connectivity index is 0.00000122. The molecule has 33 heavy (non-hydrogen) atoms. The summed E-state index contributed by atoms with van der Waals surface area (Å²) < 4.78 is 0. The van der Waals surface area contributed by atoms with Gasteiger partial charge in [-0.1, -0.05) is 25.1 Å². The normalized spacial score (nSPS) is 20.7. The Morgan fingerprint density at radius 1 is 1.24 bits per heavy atom. The zero-order valence-corrected chi connectivity index (χ0v) is 19.4. The zero-order chi connectivity index (χ0) is 24.2. The van der Waals surface area contributed by atoms with Gasteiger partial charge >= 0.3 is 6.03 Å². The van der Waals surface area contributed by atoms with Crippen molar-refractivity contribution in [2.75, 3.05) is 46.3 Å². The largest absolute Gasteiger partial charge is 0.483 e. The number of carboxylic acid groups (broad SMARTS) is 1. The number of hydrogen-bond acceptors (Lipinski definition) is 5. The maximum atomic E-state index is 12.8. The van der Waals surface area contributed by atoms with Crippen LogP contribution in [0.3, 0.4) is 0 Å². The Labute approximate surface area is 194 Å². The van der Waals surface area contributed by atoms with Crippen LogP contribution >= 0.6 is 0 Å². The summed E-state index contributed by atoms with van der Waals surface area (Å²) in [5, 5.41) is 15.8. The third-order valence-electron chi connectivity index (χ3n) is 5.90. The SMILES string of the molecule is CCc1ccccc1C(=O)N[C@H]1CC[C@@H](C(=O)NCCN2CCNC2=O)CN(C)C1.O=CO. The first-order chi connectivity index (χ1) is 15.9. The molecular weight excluding hydrogens is 426 g/mol. The number of nitrogens with one attached hydrogen (secondary N) is 3. The lowest BCUT2D eigenvalue weighted by molar-refractivity contribution is -0.125. The maximum absolute atomic E-state index is 12.8. The Hall–Kier alpha value is -3.14. The highest BCUT2D eigenvalue weighted by atomic mass is 16.3. The molecule has 0 aromatic heterocycles. The average molecular weight is 462 g/mol. The summed E-state index contributed by atoms with van der Waals surface area (Å²) in [4.78, 5) is 49.2. The molecule has 0 aliphatic carbocycles. The number of benzene rings is 1. The van der Waals surface area contributed by atoms with Crippen LogP contribution in [0.15, 0.2) is 24.3 Å². The summed E-state index contributed by atoms with van der Waals surface area (Å²) in [6, 6.07) is 7.64. The van der Waals surface area contributed by atoms with Crippen LogP contribution in [0.4, 0.5) is 4.79 Å². The van der Waals surface area contributed by atoms with Gasteiger partial charge in [-0.15, -0.1) is 0 Å². The van der Waals surface area contributed by atoms with Crippen LogP contribution in [0.5, 0.6) is 0 Å². The first-order valence-electron chi connectivity index (χ1n) is 11.3. The number of carbonyl (C=O) groups is 4. The number of urea groups is 1. The highest BCUT2D eigenvalue weighted by molar-refractivity contribution is 5.95. The predicted octanol–water partition coefficient (Wildman–Crippen LogP) is 0.531. The summed E-state index contributed by atoms with van der Waals surface area (Å²) in [6.45, 7) is 5.51. The number of aryl methyl sites for hydroxylation is 1. The molecule has 0 bridgehead atoms. The second-order valence-corrected chi connectivity index (χ2v) is 8.29. The smallest absolute Gasteiger partial charge is 0.317 e. The van der Waals surface area contributed by atoms with E-state index in [-0.39, 0.29) is 36.3 Å². The molecule has 2 atom stereocenters. The van der Waals surface area contributed by atoms with Gasteiger partial charge in [0, 0.05) is 50.9 Å². The van der Waals surface area contributed by atoms with Crippen molar-refractivity contribution in [1.82, 2.24) is 25.8 Å². The van der Waals surface area contributed by atoms with E-state index in [0.717, 1.165) is 36.9 Å². The number of carbonyl (C=O) groups excluding carboxylic acids is 3. The van der Waals surface area contributed by atoms with Crippen molar-refractivity contribution in [1.29, 1.82) is 0 Å². The number of rotatable bonds is 7. The highest BCUT2D eigenvalue weighted by Gasteiger charge is 2.28. The lowest BCUT2D eigenvalue weighted by Gasteiger charge is -2.22. The second kappa shape index (κ2) is 13.4. The fourth-order valence-corrected chi connectivity index (χ4v) is 4.24. The van der Waals surface area contributed by atoms with Crippen LogP contribution in [-0.2, 0) is 16.0 Å². The van der Waals surface area contributed by atoms with Crippen molar-refractivity contribution >= 4 is 24.3 Å². The molecule has 4 amide bonds. The van der Waals surface area contributed by atoms with Gasteiger partial charge in [0.05, 0.1) is 5.92 Å². The van der Waals surface area contributed by atoms with E-state index in [9.17, 15) is 14.4 Å². The first kappa shape index (κ1) is 26.1. The molecule has 1 aromatic carbocycles. The Bertz CT molecular complexity index is 818. The molecule has 2 saturated heterocycles. The molecule has 10 nitrogen and oxygen atoms in total. The Morgan fingerprint density at radius 3 is 2.64 bits per heavy atom. The van der Waals surface area contributed by atoms with Crippen molar-refractivity contribution in [3.05, 3.63) is 35.4 Å². The van der Waals surface area contributed by atoms with Crippen molar-refractivity contribution in [2.24, 2.45) is 5.92 Å². The molecule has 0 saturated carbocycles. The van der Waals surface area contributed by atoms with Crippen molar-refractivity contribution in [3.8, 4) is 0 Å². The van der Waals surface area contributed by atoms with Crippen molar-refractivity contribution in [3.63, 3.8) is 0 Å². The highest BCUT2D eigenvalue weighted by Crippen LogP contribution is 2.17. The fourth-order valence-electron chi connectivity index (χ4n) is 4.24. The van der Waals surface area contributed by atoms with Gasteiger partial charge in [0.2, 0.25) is 5.91 Å². The van der Waals surface area contributed by atoms with E-state index in [0.29, 0.717) is 32.7 Å². The Kier molecular flexibility index (Phi) is 10.6. The topological polar surface area (TPSA) is 131 Å². The van der Waals surface area contributed by atoms with Crippen LogP contribution in [-0.4, -0.2) is 91.6 Å².